The van der Waals surface area contributed by atoms with E-state index in [-0.39, 0.29) is 24.3 Å². The minimum absolute atomic E-state index is 0.0810. The number of halogens is 1. The number of hydrogen-bond donors (Lipinski definition) is 2. The number of nitrogens with one attached hydrogen (secondary N) is 2. The molecule has 0 bridgehead atoms. The highest BCUT2D eigenvalue weighted by atomic mass is 35.5. The second-order valence-electron chi connectivity index (χ2n) is 5.81. The Morgan fingerprint density at radius 1 is 0.962 bits per heavy atom. The molecule has 3 amide bonds. The standard InChI is InChI=1S/C19H20ClN3O3/c1-13(24)21-17-4-3-5-18(10-17)22-19(26)12-23(14(2)25)11-15-6-8-16(20)9-7-15/h3-10H,11-12H2,1-2H3,(H,21,24)(H,22,26). The Morgan fingerprint density at radius 2 is 1.58 bits per heavy atom. The van der Waals surface area contributed by atoms with Gasteiger partial charge in [-0.15, -0.1) is 0 Å². The molecule has 0 aliphatic carbocycles. The van der Waals surface area contributed by atoms with Crippen molar-refractivity contribution in [3.05, 3.63) is 59.1 Å². The van der Waals surface area contributed by atoms with Gasteiger partial charge in [0.05, 0.1) is 0 Å². The molecule has 0 unspecified atom stereocenters. The predicted octanol–water partition coefficient (Wildman–Crippen LogP) is 3.29. The van der Waals surface area contributed by atoms with Crippen molar-refractivity contribution < 1.29 is 14.4 Å². The smallest absolute Gasteiger partial charge is 0.244 e. The third-order valence-corrected chi connectivity index (χ3v) is 3.79. The van der Waals surface area contributed by atoms with Crippen LogP contribution in [0.4, 0.5) is 11.4 Å². The summed E-state index contributed by atoms with van der Waals surface area (Å²) >= 11 is 5.86. The Morgan fingerprint density at radius 3 is 2.15 bits per heavy atom. The van der Waals surface area contributed by atoms with Gasteiger partial charge in [-0.05, 0) is 35.9 Å². The largest absolute Gasteiger partial charge is 0.329 e. The second kappa shape index (κ2) is 9.01. The Balaban J connectivity index is 2.00. The number of carbonyl (C=O) groups is 3. The Kier molecular flexibility index (Phi) is 6.74. The third kappa shape index (κ3) is 6.22. The van der Waals surface area contributed by atoms with Gasteiger partial charge in [-0.3, -0.25) is 14.4 Å². The zero-order valence-electron chi connectivity index (χ0n) is 14.6. The van der Waals surface area contributed by atoms with E-state index >= 15 is 0 Å². The van der Waals surface area contributed by atoms with Crippen molar-refractivity contribution in [1.82, 2.24) is 4.90 Å². The van der Waals surface area contributed by atoms with Crippen LogP contribution in [-0.4, -0.2) is 29.2 Å². The first-order valence-electron chi connectivity index (χ1n) is 8.01. The monoisotopic (exact) mass is 373 g/mol. The van der Waals surface area contributed by atoms with Gasteiger partial charge in [0.2, 0.25) is 17.7 Å². The molecular weight excluding hydrogens is 354 g/mol. The number of carbonyl (C=O) groups excluding carboxylic acids is 3. The normalized spacial score (nSPS) is 10.1. The van der Waals surface area contributed by atoms with Crippen LogP contribution < -0.4 is 10.6 Å². The average Bonchev–Trinajstić information content (AvgIpc) is 2.55. The van der Waals surface area contributed by atoms with Crippen molar-refractivity contribution in [2.24, 2.45) is 0 Å². The van der Waals surface area contributed by atoms with E-state index < -0.39 is 0 Å². The van der Waals surface area contributed by atoms with Crippen LogP contribution >= 0.6 is 11.6 Å². The molecule has 2 N–H and O–H groups in total. The van der Waals surface area contributed by atoms with Gasteiger partial charge in [0.25, 0.3) is 0 Å². The van der Waals surface area contributed by atoms with Gasteiger partial charge < -0.3 is 15.5 Å². The lowest BCUT2D eigenvalue weighted by atomic mass is 10.2. The fourth-order valence-electron chi connectivity index (χ4n) is 2.34. The lowest BCUT2D eigenvalue weighted by Crippen LogP contribution is -2.36. The predicted molar refractivity (Wildman–Crippen MR) is 102 cm³/mol. The molecule has 0 aliphatic heterocycles. The molecule has 2 aromatic carbocycles. The molecule has 0 aliphatic rings. The Hall–Kier alpha value is -2.86. The molecule has 0 saturated heterocycles. The number of amides is 3. The van der Waals surface area contributed by atoms with Crippen LogP contribution in [0.5, 0.6) is 0 Å². The van der Waals surface area contributed by atoms with Crippen LogP contribution in [0.25, 0.3) is 0 Å². The minimum atomic E-state index is -0.325. The van der Waals surface area contributed by atoms with Crippen LogP contribution in [0, 0.1) is 0 Å². The van der Waals surface area contributed by atoms with Gasteiger partial charge in [-0.2, -0.15) is 0 Å². The fraction of sp³-hybridized carbons (Fsp3) is 0.211. The third-order valence-electron chi connectivity index (χ3n) is 3.53. The van der Waals surface area contributed by atoms with E-state index in [2.05, 4.69) is 10.6 Å². The van der Waals surface area contributed by atoms with Crippen LogP contribution in [0.1, 0.15) is 19.4 Å². The lowest BCUT2D eigenvalue weighted by molar-refractivity contribution is -0.133. The topological polar surface area (TPSA) is 78.5 Å². The molecule has 0 aromatic heterocycles. The van der Waals surface area contributed by atoms with Gasteiger partial charge in [-0.1, -0.05) is 29.8 Å². The quantitative estimate of drug-likeness (QED) is 0.815. The summed E-state index contributed by atoms with van der Waals surface area (Å²) in [5.41, 5.74) is 2.00. The van der Waals surface area contributed by atoms with Crippen molar-refractivity contribution in [3.8, 4) is 0 Å². The number of rotatable bonds is 6. The highest BCUT2D eigenvalue weighted by Crippen LogP contribution is 2.16. The first-order valence-corrected chi connectivity index (χ1v) is 8.39. The molecule has 0 saturated carbocycles. The van der Waals surface area contributed by atoms with E-state index in [1.807, 2.05) is 12.1 Å². The average molecular weight is 374 g/mol. The van der Waals surface area contributed by atoms with Crippen LogP contribution in [-0.2, 0) is 20.9 Å². The number of nitrogens with zero attached hydrogens (tertiary/aromatic N) is 1. The summed E-state index contributed by atoms with van der Waals surface area (Å²) in [6, 6.07) is 13.9. The summed E-state index contributed by atoms with van der Waals surface area (Å²) in [5.74, 6) is -0.726. The van der Waals surface area contributed by atoms with Gasteiger partial charge in [0, 0.05) is 36.8 Å². The molecule has 6 nitrogen and oxygen atoms in total. The first kappa shape index (κ1) is 19.5. The van der Waals surface area contributed by atoms with Crippen molar-refractivity contribution in [3.63, 3.8) is 0 Å². The summed E-state index contributed by atoms with van der Waals surface area (Å²) in [6.07, 6.45) is 0. The minimum Gasteiger partial charge on any atom is -0.329 e. The maximum Gasteiger partial charge on any atom is 0.244 e. The van der Waals surface area contributed by atoms with Crippen LogP contribution in [0.2, 0.25) is 5.02 Å². The van der Waals surface area contributed by atoms with E-state index in [1.54, 1.807) is 36.4 Å². The molecule has 0 atom stereocenters. The molecular formula is C19H20ClN3O3. The summed E-state index contributed by atoms with van der Waals surface area (Å²) in [6.45, 7) is 3.06. The highest BCUT2D eigenvalue weighted by Gasteiger charge is 2.14. The summed E-state index contributed by atoms with van der Waals surface area (Å²) in [7, 11) is 0. The number of benzene rings is 2. The molecule has 0 spiro atoms. The molecule has 0 radical (unpaired) electrons. The van der Waals surface area contributed by atoms with Gasteiger partial charge in [0.15, 0.2) is 0 Å². The van der Waals surface area contributed by atoms with Gasteiger partial charge >= 0.3 is 0 Å². The van der Waals surface area contributed by atoms with Crippen molar-refractivity contribution in [2.45, 2.75) is 20.4 Å². The van der Waals surface area contributed by atoms with E-state index in [0.29, 0.717) is 22.9 Å². The molecule has 7 heteroatoms. The lowest BCUT2D eigenvalue weighted by Gasteiger charge is -2.21. The number of anilines is 2. The van der Waals surface area contributed by atoms with Gasteiger partial charge in [-0.25, -0.2) is 0 Å². The van der Waals surface area contributed by atoms with E-state index in [1.165, 1.54) is 18.7 Å². The van der Waals surface area contributed by atoms with Crippen molar-refractivity contribution in [1.29, 1.82) is 0 Å². The van der Waals surface area contributed by atoms with Crippen molar-refractivity contribution >= 4 is 40.7 Å². The molecule has 26 heavy (non-hydrogen) atoms. The van der Waals surface area contributed by atoms with E-state index in [4.69, 9.17) is 11.6 Å². The molecule has 136 valence electrons. The zero-order valence-corrected chi connectivity index (χ0v) is 15.3. The number of hydrogen-bond acceptors (Lipinski definition) is 3. The fourth-order valence-corrected chi connectivity index (χ4v) is 2.47. The maximum atomic E-state index is 12.3. The summed E-state index contributed by atoms with van der Waals surface area (Å²) < 4.78 is 0. The second-order valence-corrected chi connectivity index (χ2v) is 6.25. The van der Waals surface area contributed by atoms with Crippen LogP contribution in [0.15, 0.2) is 48.5 Å². The zero-order chi connectivity index (χ0) is 19.1. The maximum absolute atomic E-state index is 12.3. The summed E-state index contributed by atoms with van der Waals surface area (Å²) in [4.78, 5) is 36.7. The SMILES string of the molecule is CC(=O)Nc1cccc(NC(=O)CN(Cc2ccc(Cl)cc2)C(C)=O)c1. The van der Waals surface area contributed by atoms with Gasteiger partial charge in [0.1, 0.15) is 6.54 Å². The Labute approximate surface area is 157 Å². The van der Waals surface area contributed by atoms with E-state index in [9.17, 15) is 14.4 Å². The van der Waals surface area contributed by atoms with E-state index in [0.717, 1.165) is 5.56 Å². The highest BCUT2D eigenvalue weighted by molar-refractivity contribution is 6.30. The Bertz CT molecular complexity index is 806. The first-order chi connectivity index (χ1) is 12.3. The van der Waals surface area contributed by atoms with Crippen LogP contribution in [0.3, 0.4) is 0 Å². The molecule has 0 fully saturated rings. The molecule has 2 rings (SSSR count). The molecule has 2 aromatic rings. The van der Waals surface area contributed by atoms with Crippen molar-refractivity contribution in [2.75, 3.05) is 17.2 Å². The summed E-state index contributed by atoms with van der Waals surface area (Å²) in [5, 5.41) is 5.99. The molecule has 0 heterocycles.